The zero-order valence-electron chi connectivity index (χ0n) is 12.9. The summed E-state index contributed by atoms with van der Waals surface area (Å²) >= 11 is 0. The number of carboxylic acids is 1. The molecule has 23 heavy (non-hydrogen) atoms. The number of carboxylic acid groups (broad SMARTS) is 1. The molecule has 1 aliphatic heterocycles. The van der Waals surface area contributed by atoms with Crippen LogP contribution in [0.3, 0.4) is 0 Å². The Balaban J connectivity index is 1.90. The average molecular weight is 312 g/mol. The Labute approximate surface area is 135 Å². The van der Waals surface area contributed by atoms with E-state index in [1.165, 1.54) is 0 Å². The predicted molar refractivity (Wildman–Crippen MR) is 83.7 cm³/mol. The highest BCUT2D eigenvalue weighted by Crippen LogP contribution is 2.40. The highest BCUT2D eigenvalue weighted by Gasteiger charge is 2.47. The Morgan fingerprint density at radius 3 is 2.83 bits per heavy atom. The third-order valence-electron chi connectivity index (χ3n) is 5.06. The molecule has 1 aromatic rings. The van der Waals surface area contributed by atoms with E-state index in [-0.39, 0.29) is 18.4 Å². The third kappa shape index (κ3) is 2.94. The van der Waals surface area contributed by atoms with Gasteiger partial charge in [0.2, 0.25) is 0 Å². The number of hydrogen-bond donors (Lipinski definition) is 1. The van der Waals surface area contributed by atoms with Gasteiger partial charge in [0.15, 0.2) is 0 Å². The van der Waals surface area contributed by atoms with Crippen molar-refractivity contribution in [3.8, 4) is 6.07 Å². The summed E-state index contributed by atoms with van der Waals surface area (Å²) in [6.45, 7) is 0. The monoisotopic (exact) mass is 312 g/mol. The first-order chi connectivity index (χ1) is 11.1. The van der Waals surface area contributed by atoms with Crippen molar-refractivity contribution in [1.29, 1.82) is 5.26 Å². The van der Waals surface area contributed by atoms with Crippen LogP contribution in [0.25, 0.3) is 0 Å². The Kier molecular flexibility index (Phi) is 4.33. The van der Waals surface area contributed by atoms with Crippen LogP contribution in [-0.4, -0.2) is 34.0 Å². The van der Waals surface area contributed by atoms with Gasteiger partial charge in [-0.25, -0.2) is 4.79 Å². The SMILES string of the molecule is N#CCc1cccc(C(=O)N2[C@H](C(=O)O)C[C@@H]3CCCC[C@@H]32)c1. The van der Waals surface area contributed by atoms with Crippen LogP contribution in [0.15, 0.2) is 24.3 Å². The van der Waals surface area contributed by atoms with Gasteiger partial charge in [0, 0.05) is 11.6 Å². The van der Waals surface area contributed by atoms with Gasteiger partial charge in [0.05, 0.1) is 12.5 Å². The molecule has 3 rings (SSSR count). The fourth-order valence-electron chi connectivity index (χ4n) is 4.03. The number of rotatable bonds is 3. The van der Waals surface area contributed by atoms with Crippen LogP contribution in [0.2, 0.25) is 0 Å². The Bertz CT molecular complexity index is 664. The lowest BCUT2D eigenvalue weighted by atomic mass is 9.84. The molecule has 120 valence electrons. The van der Waals surface area contributed by atoms with Gasteiger partial charge in [-0.1, -0.05) is 25.0 Å². The first-order valence-electron chi connectivity index (χ1n) is 8.13. The van der Waals surface area contributed by atoms with Crippen LogP contribution in [0.1, 0.15) is 48.0 Å². The van der Waals surface area contributed by atoms with Gasteiger partial charge in [-0.2, -0.15) is 5.26 Å². The standard InChI is InChI=1S/C18H20N2O3/c19-9-8-12-4-3-6-14(10-12)17(21)20-15-7-2-1-5-13(15)11-16(20)18(22)23/h3-4,6,10,13,15-16H,1-2,5,7-8,11H2,(H,22,23)/t13-,15-,16-/m0/s1. The van der Waals surface area contributed by atoms with Crippen molar-refractivity contribution in [2.45, 2.75) is 50.6 Å². The summed E-state index contributed by atoms with van der Waals surface area (Å²) in [4.78, 5) is 26.2. The molecular weight excluding hydrogens is 292 g/mol. The number of nitriles is 1. The van der Waals surface area contributed by atoms with Crippen LogP contribution < -0.4 is 0 Å². The van der Waals surface area contributed by atoms with Gasteiger partial charge in [0.1, 0.15) is 6.04 Å². The van der Waals surface area contributed by atoms with Crippen molar-refractivity contribution in [2.75, 3.05) is 0 Å². The van der Waals surface area contributed by atoms with Gasteiger partial charge in [0.25, 0.3) is 5.91 Å². The summed E-state index contributed by atoms with van der Waals surface area (Å²) in [6, 6.07) is 8.36. The van der Waals surface area contributed by atoms with Crippen LogP contribution in [-0.2, 0) is 11.2 Å². The van der Waals surface area contributed by atoms with E-state index < -0.39 is 12.0 Å². The number of nitrogens with zero attached hydrogens (tertiary/aromatic N) is 2. The molecule has 1 amide bonds. The third-order valence-corrected chi connectivity index (χ3v) is 5.06. The summed E-state index contributed by atoms with van der Waals surface area (Å²) in [6.07, 6.45) is 4.86. The zero-order valence-corrected chi connectivity index (χ0v) is 12.9. The predicted octanol–water partition coefficient (Wildman–Crippen LogP) is 2.61. The van der Waals surface area contributed by atoms with E-state index in [9.17, 15) is 14.7 Å². The van der Waals surface area contributed by atoms with Crippen LogP contribution in [0.5, 0.6) is 0 Å². The highest BCUT2D eigenvalue weighted by molar-refractivity contribution is 5.97. The normalized spacial score (nSPS) is 26.4. The lowest BCUT2D eigenvalue weighted by Gasteiger charge is -2.33. The fraction of sp³-hybridized carbons (Fsp3) is 0.500. The molecule has 3 atom stereocenters. The molecule has 0 aromatic heterocycles. The van der Waals surface area contributed by atoms with E-state index in [2.05, 4.69) is 6.07 Å². The van der Waals surface area contributed by atoms with E-state index in [4.69, 9.17) is 5.26 Å². The highest BCUT2D eigenvalue weighted by atomic mass is 16.4. The maximum atomic E-state index is 13.0. The van der Waals surface area contributed by atoms with Gasteiger partial charge >= 0.3 is 5.97 Å². The number of carbonyl (C=O) groups excluding carboxylic acids is 1. The molecule has 1 aliphatic carbocycles. The minimum atomic E-state index is -0.916. The number of benzene rings is 1. The molecule has 5 heteroatoms. The van der Waals surface area contributed by atoms with Crippen LogP contribution in [0, 0.1) is 17.2 Å². The largest absolute Gasteiger partial charge is 0.480 e. The van der Waals surface area contributed by atoms with E-state index in [1.807, 2.05) is 6.07 Å². The number of aliphatic carboxylic acids is 1. The number of carbonyl (C=O) groups is 2. The average Bonchev–Trinajstić information content (AvgIpc) is 2.94. The van der Waals surface area contributed by atoms with E-state index in [1.54, 1.807) is 23.1 Å². The van der Waals surface area contributed by atoms with Crippen molar-refractivity contribution in [3.05, 3.63) is 35.4 Å². The Morgan fingerprint density at radius 1 is 1.30 bits per heavy atom. The zero-order chi connectivity index (χ0) is 16.4. The number of hydrogen-bond acceptors (Lipinski definition) is 3. The first kappa shape index (κ1) is 15.5. The second-order valence-electron chi connectivity index (χ2n) is 6.45. The molecule has 0 radical (unpaired) electrons. The van der Waals surface area contributed by atoms with Gasteiger partial charge in [-0.3, -0.25) is 4.79 Å². The van der Waals surface area contributed by atoms with E-state index in [0.29, 0.717) is 17.9 Å². The van der Waals surface area contributed by atoms with Crippen LogP contribution in [0.4, 0.5) is 0 Å². The minimum absolute atomic E-state index is 0.0389. The molecule has 5 nitrogen and oxygen atoms in total. The van der Waals surface area contributed by atoms with Crippen molar-refractivity contribution in [3.63, 3.8) is 0 Å². The molecule has 1 saturated carbocycles. The molecule has 0 unspecified atom stereocenters. The summed E-state index contributed by atoms with van der Waals surface area (Å²) in [5.41, 5.74) is 1.26. The molecule has 2 fully saturated rings. The van der Waals surface area contributed by atoms with Gasteiger partial charge in [-0.05, 0) is 42.9 Å². The molecule has 1 saturated heterocycles. The smallest absolute Gasteiger partial charge is 0.326 e. The lowest BCUT2D eigenvalue weighted by molar-refractivity contribution is -0.141. The lowest BCUT2D eigenvalue weighted by Crippen LogP contribution is -2.46. The van der Waals surface area contributed by atoms with E-state index >= 15 is 0 Å². The number of amides is 1. The molecule has 1 N–H and O–H groups in total. The summed E-state index contributed by atoms with van der Waals surface area (Å²) in [5, 5.41) is 18.3. The molecule has 1 heterocycles. The second-order valence-corrected chi connectivity index (χ2v) is 6.45. The van der Waals surface area contributed by atoms with Crippen molar-refractivity contribution >= 4 is 11.9 Å². The summed E-state index contributed by atoms with van der Waals surface area (Å²) in [7, 11) is 0. The fourth-order valence-corrected chi connectivity index (χ4v) is 4.03. The molecule has 0 bridgehead atoms. The van der Waals surface area contributed by atoms with Crippen molar-refractivity contribution in [2.24, 2.45) is 5.92 Å². The summed E-state index contributed by atoms with van der Waals surface area (Å²) < 4.78 is 0. The topological polar surface area (TPSA) is 81.4 Å². The van der Waals surface area contributed by atoms with E-state index in [0.717, 1.165) is 31.2 Å². The maximum absolute atomic E-state index is 13.0. The number of likely N-dealkylation sites (tertiary alicyclic amines) is 1. The van der Waals surface area contributed by atoms with Crippen LogP contribution >= 0.6 is 0 Å². The van der Waals surface area contributed by atoms with Crippen molar-refractivity contribution < 1.29 is 14.7 Å². The molecule has 0 spiro atoms. The van der Waals surface area contributed by atoms with Gasteiger partial charge in [-0.15, -0.1) is 0 Å². The molecule has 1 aromatic carbocycles. The minimum Gasteiger partial charge on any atom is -0.480 e. The maximum Gasteiger partial charge on any atom is 0.326 e. The quantitative estimate of drug-likeness (QED) is 0.930. The summed E-state index contributed by atoms with van der Waals surface area (Å²) in [5.74, 6) is -0.830. The Hall–Kier alpha value is -2.35. The molecule has 2 aliphatic rings. The molecular formula is C18H20N2O3. The van der Waals surface area contributed by atoms with Crippen molar-refractivity contribution in [1.82, 2.24) is 4.90 Å². The first-order valence-corrected chi connectivity index (χ1v) is 8.13. The van der Waals surface area contributed by atoms with Gasteiger partial charge < -0.3 is 10.0 Å². The number of fused-ring (bicyclic) bond motifs is 1. The second kappa shape index (κ2) is 6.41. The Morgan fingerprint density at radius 2 is 2.09 bits per heavy atom.